The lowest BCUT2D eigenvalue weighted by Crippen LogP contribution is -2.20. The van der Waals surface area contributed by atoms with E-state index in [9.17, 15) is 9.90 Å². The molecule has 0 saturated carbocycles. The molecule has 2 rings (SSSR count). The van der Waals surface area contributed by atoms with E-state index in [4.69, 9.17) is 0 Å². The predicted molar refractivity (Wildman–Crippen MR) is 66.4 cm³/mol. The molecule has 0 aliphatic rings. The first-order chi connectivity index (χ1) is 8.08. The van der Waals surface area contributed by atoms with Crippen LogP contribution < -0.4 is 5.69 Å². The number of aliphatic hydroxyl groups excluding tert-OH is 1. The number of rotatable bonds is 3. The lowest BCUT2D eigenvalue weighted by atomic mass is 10.1. The molecule has 1 aromatic heterocycles. The zero-order chi connectivity index (χ0) is 12.4. The third-order valence-corrected chi connectivity index (χ3v) is 2.67. The van der Waals surface area contributed by atoms with Crippen molar-refractivity contribution in [2.24, 2.45) is 7.05 Å². The van der Waals surface area contributed by atoms with Gasteiger partial charge in [0, 0.05) is 19.4 Å². The van der Waals surface area contributed by atoms with Crippen molar-refractivity contribution < 1.29 is 5.11 Å². The summed E-state index contributed by atoms with van der Waals surface area (Å²) in [6, 6.07) is 7.65. The zero-order valence-corrected chi connectivity index (χ0v) is 10.00. The summed E-state index contributed by atoms with van der Waals surface area (Å²) < 4.78 is 3.12. The standard InChI is InChI=1S/C13H16N2O2/c1-10(16)8-11-4-3-5-12(9-11)15-7-6-14(2)13(15)17/h3-7,9-10,16H,8H2,1-2H3. The van der Waals surface area contributed by atoms with E-state index in [0.29, 0.717) is 6.42 Å². The van der Waals surface area contributed by atoms with Crippen LogP contribution in [0.1, 0.15) is 12.5 Å². The largest absolute Gasteiger partial charge is 0.393 e. The van der Waals surface area contributed by atoms with Gasteiger partial charge in [-0.15, -0.1) is 0 Å². The molecule has 90 valence electrons. The summed E-state index contributed by atoms with van der Waals surface area (Å²) in [5.74, 6) is 0. The number of nitrogens with zero attached hydrogens (tertiary/aromatic N) is 2. The Kier molecular flexibility index (Phi) is 3.15. The first-order valence-electron chi connectivity index (χ1n) is 5.59. The predicted octanol–water partition coefficient (Wildman–Crippen LogP) is 1.10. The first kappa shape index (κ1) is 11.7. The van der Waals surface area contributed by atoms with Crippen molar-refractivity contribution in [1.29, 1.82) is 0 Å². The Morgan fingerprint density at radius 3 is 2.71 bits per heavy atom. The topological polar surface area (TPSA) is 47.2 Å². The van der Waals surface area contributed by atoms with Crippen molar-refractivity contribution in [3.05, 3.63) is 52.7 Å². The second-order valence-electron chi connectivity index (χ2n) is 4.28. The van der Waals surface area contributed by atoms with Gasteiger partial charge in [0.1, 0.15) is 0 Å². The van der Waals surface area contributed by atoms with Crippen molar-refractivity contribution in [3.8, 4) is 5.69 Å². The Hall–Kier alpha value is -1.81. The Morgan fingerprint density at radius 2 is 2.12 bits per heavy atom. The quantitative estimate of drug-likeness (QED) is 0.861. The minimum atomic E-state index is -0.377. The molecular formula is C13H16N2O2. The van der Waals surface area contributed by atoms with Crippen LogP contribution in [0, 0.1) is 0 Å². The van der Waals surface area contributed by atoms with Crippen molar-refractivity contribution >= 4 is 0 Å². The molecule has 2 aromatic rings. The van der Waals surface area contributed by atoms with E-state index >= 15 is 0 Å². The van der Waals surface area contributed by atoms with E-state index in [1.807, 2.05) is 24.3 Å². The SMILES string of the molecule is CC(O)Cc1cccc(-n2ccn(C)c2=O)c1. The molecule has 0 aliphatic heterocycles. The Morgan fingerprint density at radius 1 is 1.35 bits per heavy atom. The molecule has 1 heterocycles. The van der Waals surface area contributed by atoms with Crippen molar-refractivity contribution in [3.63, 3.8) is 0 Å². The van der Waals surface area contributed by atoms with Gasteiger partial charge in [0.25, 0.3) is 0 Å². The highest BCUT2D eigenvalue weighted by atomic mass is 16.3. The van der Waals surface area contributed by atoms with Gasteiger partial charge in [-0.05, 0) is 31.0 Å². The molecule has 1 unspecified atom stereocenters. The number of aliphatic hydroxyl groups is 1. The van der Waals surface area contributed by atoms with Gasteiger partial charge in [0.2, 0.25) is 0 Å². The maximum atomic E-state index is 11.8. The average Bonchev–Trinajstić information content (AvgIpc) is 2.59. The third kappa shape index (κ3) is 2.47. The Balaban J connectivity index is 2.40. The fourth-order valence-electron chi connectivity index (χ4n) is 1.84. The molecule has 17 heavy (non-hydrogen) atoms. The van der Waals surface area contributed by atoms with Gasteiger partial charge < -0.3 is 9.67 Å². The summed E-state index contributed by atoms with van der Waals surface area (Å²) in [5, 5.41) is 9.35. The summed E-state index contributed by atoms with van der Waals surface area (Å²) in [6.07, 6.45) is 3.68. The summed E-state index contributed by atoms with van der Waals surface area (Å²) in [4.78, 5) is 11.8. The number of benzene rings is 1. The molecule has 0 saturated heterocycles. The lowest BCUT2D eigenvalue weighted by Gasteiger charge is -2.07. The summed E-state index contributed by atoms with van der Waals surface area (Å²) in [7, 11) is 1.72. The third-order valence-electron chi connectivity index (χ3n) is 2.67. The number of imidazole rings is 1. The fraction of sp³-hybridized carbons (Fsp3) is 0.308. The Labute approximate surface area is 99.8 Å². The van der Waals surface area contributed by atoms with Gasteiger partial charge in [-0.25, -0.2) is 4.79 Å². The molecule has 0 radical (unpaired) electrons. The highest BCUT2D eigenvalue weighted by Crippen LogP contribution is 2.10. The van der Waals surface area contributed by atoms with E-state index < -0.39 is 0 Å². The minimum absolute atomic E-state index is 0.0702. The maximum Gasteiger partial charge on any atom is 0.332 e. The van der Waals surface area contributed by atoms with Crippen molar-refractivity contribution in [2.45, 2.75) is 19.4 Å². The normalized spacial score (nSPS) is 12.6. The van der Waals surface area contributed by atoms with Gasteiger partial charge in [0.15, 0.2) is 0 Å². The molecule has 0 aliphatic carbocycles. The highest BCUT2D eigenvalue weighted by Gasteiger charge is 2.04. The van der Waals surface area contributed by atoms with E-state index in [0.717, 1.165) is 11.3 Å². The van der Waals surface area contributed by atoms with Gasteiger partial charge >= 0.3 is 5.69 Å². The molecule has 0 fully saturated rings. The van der Waals surface area contributed by atoms with Crippen LogP contribution in [-0.2, 0) is 13.5 Å². The van der Waals surface area contributed by atoms with Gasteiger partial charge in [-0.2, -0.15) is 0 Å². The van der Waals surface area contributed by atoms with Gasteiger partial charge in [-0.1, -0.05) is 12.1 Å². The van der Waals surface area contributed by atoms with E-state index in [2.05, 4.69) is 0 Å². The van der Waals surface area contributed by atoms with Crippen LogP contribution in [0.15, 0.2) is 41.5 Å². The van der Waals surface area contributed by atoms with Crippen LogP contribution in [0.3, 0.4) is 0 Å². The molecule has 1 aromatic carbocycles. The average molecular weight is 232 g/mol. The van der Waals surface area contributed by atoms with Crippen LogP contribution in [0.5, 0.6) is 0 Å². The molecule has 4 nitrogen and oxygen atoms in total. The van der Waals surface area contributed by atoms with Crippen molar-refractivity contribution in [1.82, 2.24) is 9.13 Å². The van der Waals surface area contributed by atoms with Crippen molar-refractivity contribution in [2.75, 3.05) is 0 Å². The zero-order valence-electron chi connectivity index (χ0n) is 10.00. The second kappa shape index (κ2) is 4.59. The van der Waals surface area contributed by atoms with Gasteiger partial charge in [0.05, 0.1) is 11.8 Å². The second-order valence-corrected chi connectivity index (χ2v) is 4.28. The van der Waals surface area contributed by atoms with Crippen LogP contribution in [-0.4, -0.2) is 20.3 Å². The number of hydrogen-bond donors (Lipinski definition) is 1. The first-order valence-corrected chi connectivity index (χ1v) is 5.59. The fourth-order valence-corrected chi connectivity index (χ4v) is 1.84. The number of hydrogen-bond acceptors (Lipinski definition) is 2. The Bertz CT molecular complexity index is 567. The number of aryl methyl sites for hydroxylation is 1. The summed E-state index contributed by atoms with van der Waals surface area (Å²) >= 11 is 0. The highest BCUT2D eigenvalue weighted by molar-refractivity contribution is 5.36. The van der Waals surface area contributed by atoms with Crippen LogP contribution in [0.2, 0.25) is 0 Å². The van der Waals surface area contributed by atoms with E-state index in [1.54, 1.807) is 30.9 Å². The summed E-state index contributed by atoms with van der Waals surface area (Å²) in [5.41, 5.74) is 1.78. The van der Waals surface area contributed by atoms with Crippen LogP contribution in [0.4, 0.5) is 0 Å². The summed E-state index contributed by atoms with van der Waals surface area (Å²) in [6.45, 7) is 1.75. The molecule has 0 spiro atoms. The van der Waals surface area contributed by atoms with E-state index in [-0.39, 0.29) is 11.8 Å². The van der Waals surface area contributed by atoms with E-state index in [1.165, 1.54) is 4.57 Å². The number of aromatic nitrogens is 2. The van der Waals surface area contributed by atoms with Crippen LogP contribution >= 0.6 is 0 Å². The minimum Gasteiger partial charge on any atom is -0.393 e. The molecule has 4 heteroatoms. The van der Waals surface area contributed by atoms with Crippen LogP contribution in [0.25, 0.3) is 5.69 Å². The molecule has 0 bridgehead atoms. The monoisotopic (exact) mass is 232 g/mol. The lowest BCUT2D eigenvalue weighted by molar-refractivity contribution is 0.195. The smallest absolute Gasteiger partial charge is 0.332 e. The molecule has 0 amide bonds. The molecule has 1 N–H and O–H groups in total. The maximum absolute atomic E-state index is 11.8. The molecular weight excluding hydrogens is 216 g/mol. The molecule has 1 atom stereocenters. The van der Waals surface area contributed by atoms with Gasteiger partial charge in [-0.3, -0.25) is 4.57 Å².